The Morgan fingerprint density at radius 3 is 2.93 bits per heavy atom. The highest BCUT2D eigenvalue weighted by Crippen LogP contribution is 2.08. The van der Waals surface area contributed by atoms with Crippen LogP contribution in [-0.2, 0) is 9.59 Å². The van der Waals surface area contributed by atoms with Crippen LogP contribution in [0.15, 0.2) is 10.6 Å². The number of nitrogens with zero attached hydrogens (tertiary/aromatic N) is 1. The van der Waals surface area contributed by atoms with E-state index in [1.54, 1.807) is 13.0 Å². The van der Waals surface area contributed by atoms with Gasteiger partial charge in [0, 0.05) is 6.07 Å². The largest absolute Gasteiger partial charge is 0.465 e. The molecule has 0 spiro atoms. The molecule has 0 atom stereocenters. The van der Waals surface area contributed by atoms with Crippen molar-refractivity contribution in [3.8, 4) is 5.88 Å². The number of nitrogens with two attached hydrogens (primary N) is 1. The zero-order valence-corrected chi connectivity index (χ0v) is 8.15. The average Bonchev–Trinajstić information content (AvgIpc) is 2.58. The molecule has 0 aliphatic carbocycles. The maximum absolute atomic E-state index is 11.0. The molecule has 82 valence electrons. The van der Waals surface area contributed by atoms with Gasteiger partial charge in [0.1, 0.15) is 5.76 Å². The number of ether oxygens (including phenoxy) is 1. The smallest absolute Gasteiger partial charge is 0.258 e. The molecular weight excluding hydrogens is 202 g/mol. The lowest BCUT2D eigenvalue weighted by molar-refractivity contribution is -0.126. The van der Waals surface area contributed by atoms with Crippen LogP contribution in [0.2, 0.25) is 0 Å². The lowest BCUT2D eigenvalue weighted by atomic mass is 10.5. The first-order valence-electron chi connectivity index (χ1n) is 4.19. The quantitative estimate of drug-likeness (QED) is 0.649. The van der Waals surface area contributed by atoms with Crippen molar-refractivity contribution >= 4 is 11.8 Å². The highest BCUT2D eigenvalue weighted by molar-refractivity contribution is 5.84. The molecule has 0 fully saturated rings. The van der Waals surface area contributed by atoms with E-state index in [-0.39, 0.29) is 19.0 Å². The molecule has 0 unspecified atom stereocenters. The fourth-order valence-corrected chi connectivity index (χ4v) is 0.788. The van der Waals surface area contributed by atoms with Crippen LogP contribution in [0.3, 0.4) is 0 Å². The fourth-order valence-electron chi connectivity index (χ4n) is 0.788. The third-order valence-corrected chi connectivity index (χ3v) is 1.42. The third kappa shape index (κ3) is 4.12. The number of carbonyl (C=O) groups is 2. The lowest BCUT2D eigenvalue weighted by Crippen LogP contribution is -2.36. The average molecular weight is 213 g/mol. The van der Waals surface area contributed by atoms with Gasteiger partial charge in [-0.1, -0.05) is 0 Å². The Bertz CT molecular complexity index is 361. The fraction of sp³-hybridized carbons (Fsp3) is 0.375. The van der Waals surface area contributed by atoms with Crippen molar-refractivity contribution in [2.24, 2.45) is 5.73 Å². The molecule has 3 N–H and O–H groups in total. The molecular formula is C8H11N3O4. The molecule has 1 aromatic heterocycles. The molecule has 0 radical (unpaired) electrons. The van der Waals surface area contributed by atoms with Gasteiger partial charge in [-0.05, 0) is 12.1 Å². The minimum absolute atomic E-state index is 0.208. The van der Waals surface area contributed by atoms with Crippen molar-refractivity contribution in [3.05, 3.63) is 11.8 Å². The first-order valence-corrected chi connectivity index (χ1v) is 4.19. The van der Waals surface area contributed by atoms with Crippen molar-refractivity contribution in [3.63, 3.8) is 0 Å². The molecule has 7 nitrogen and oxygen atoms in total. The molecule has 1 heterocycles. The topological polar surface area (TPSA) is 107 Å². The van der Waals surface area contributed by atoms with Gasteiger partial charge in [0.2, 0.25) is 5.91 Å². The summed E-state index contributed by atoms with van der Waals surface area (Å²) in [5.74, 6) is -0.251. The van der Waals surface area contributed by atoms with Crippen molar-refractivity contribution in [1.29, 1.82) is 0 Å². The molecule has 0 bridgehead atoms. The summed E-state index contributed by atoms with van der Waals surface area (Å²) in [4.78, 5) is 21.3. The third-order valence-electron chi connectivity index (χ3n) is 1.42. The minimum atomic E-state index is -0.611. The Morgan fingerprint density at radius 1 is 1.67 bits per heavy atom. The highest BCUT2D eigenvalue weighted by Gasteiger charge is 2.06. The van der Waals surface area contributed by atoms with E-state index < -0.39 is 11.8 Å². The van der Waals surface area contributed by atoms with Crippen LogP contribution in [0.25, 0.3) is 0 Å². The Labute approximate surface area is 85.5 Å². The van der Waals surface area contributed by atoms with Crippen LogP contribution in [-0.4, -0.2) is 30.1 Å². The lowest BCUT2D eigenvalue weighted by Gasteiger charge is -2.02. The summed E-state index contributed by atoms with van der Waals surface area (Å²) < 4.78 is 9.67. The number of aromatic nitrogens is 1. The Balaban J connectivity index is 2.25. The summed E-state index contributed by atoms with van der Waals surface area (Å²) >= 11 is 0. The van der Waals surface area contributed by atoms with E-state index in [0.29, 0.717) is 5.76 Å². The standard InChI is InChI=1S/C8H11N3O4/c1-5-2-8(11-15-5)14-4-7(13)10-3-6(9)12/h2H,3-4H2,1H3,(H2,9,12)(H,10,13). The maximum Gasteiger partial charge on any atom is 0.258 e. The van der Waals surface area contributed by atoms with E-state index in [1.165, 1.54) is 0 Å². The van der Waals surface area contributed by atoms with E-state index in [1.807, 2.05) is 0 Å². The number of rotatable bonds is 5. The molecule has 1 aromatic rings. The molecule has 1 rings (SSSR count). The number of primary amides is 1. The maximum atomic E-state index is 11.0. The van der Waals surface area contributed by atoms with Crippen LogP contribution < -0.4 is 15.8 Å². The summed E-state index contributed by atoms with van der Waals surface area (Å²) in [7, 11) is 0. The van der Waals surface area contributed by atoms with Crippen LogP contribution >= 0.6 is 0 Å². The molecule has 15 heavy (non-hydrogen) atoms. The second-order valence-corrected chi connectivity index (χ2v) is 2.81. The Hall–Kier alpha value is -2.05. The molecule has 0 saturated carbocycles. The van der Waals surface area contributed by atoms with Gasteiger partial charge in [-0.25, -0.2) is 0 Å². The van der Waals surface area contributed by atoms with E-state index in [4.69, 9.17) is 15.0 Å². The Morgan fingerprint density at radius 2 is 2.40 bits per heavy atom. The van der Waals surface area contributed by atoms with Crippen molar-refractivity contribution in [1.82, 2.24) is 10.5 Å². The number of hydrogen-bond donors (Lipinski definition) is 2. The highest BCUT2D eigenvalue weighted by atomic mass is 16.5. The summed E-state index contributed by atoms with van der Waals surface area (Å²) in [6, 6.07) is 1.54. The predicted octanol–water partition coefficient (Wildman–Crippen LogP) is -1.04. The van der Waals surface area contributed by atoms with Gasteiger partial charge in [0.25, 0.3) is 11.8 Å². The van der Waals surface area contributed by atoms with Crippen LogP contribution in [0.5, 0.6) is 5.88 Å². The SMILES string of the molecule is Cc1cc(OCC(=O)NCC(N)=O)no1. The zero-order valence-electron chi connectivity index (χ0n) is 8.15. The molecule has 0 aromatic carbocycles. The first-order chi connectivity index (χ1) is 7.08. The van der Waals surface area contributed by atoms with E-state index >= 15 is 0 Å². The number of aryl methyl sites for hydroxylation is 1. The molecule has 0 saturated heterocycles. The van der Waals surface area contributed by atoms with Gasteiger partial charge in [0.05, 0.1) is 6.54 Å². The number of hydrogen-bond acceptors (Lipinski definition) is 5. The summed E-state index contributed by atoms with van der Waals surface area (Å²) in [5.41, 5.74) is 4.83. The first kappa shape index (κ1) is 11.0. The van der Waals surface area contributed by atoms with E-state index in [0.717, 1.165) is 0 Å². The molecule has 2 amide bonds. The van der Waals surface area contributed by atoms with Crippen LogP contribution in [0.4, 0.5) is 0 Å². The number of amides is 2. The zero-order chi connectivity index (χ0) is 11.3. The van der Waals surface area contributed by atoms with Gasteiger partial charge in [-0.3, -0.25) is 9.59 Å². The van der Waals surface area contributed by atoms with Crippen LogP contribution in [0.1, 0.15) is 5.76 Å². The van der Waals surface area contributed by atoms with Gasteiger partial charge in [-0.2, -0.15) is 0 Å². The summed E-state index contributed by atoms with van der Waals surface area (Å²) in [6.45, 7) is 1.26. The molecule has 0 aliphatic rings. The van der Waals surface area contributed by atoms with Gasteiger partial charge < -0.3 is 20.3 Å². The molecule has 7 heteroatoms. The minimum Gasteiger partial charge on any atom is -0.465 e. The monoisotopic (exact) mass is 213 g/mol. The predicted molar refractivity (Wildman–Crippen MR) is 48.9 cm³/mol. The Kier molecular flexibility index (Phi) is 3.67. The van der Waals surface area contributed by atoms with Crippen molar-refractivity contribution in [2.75, 3.05) is 13.2 Å². The summed E-state index contributed by atoms with van der Waals surface area (Å²) in [6.07, 6.45) is 0. The second kappa shape index (κ2) is 4.99. The number of carbonyl (C=O) groups excluding carboxylic acids is 2. The number of nitrogens with one attached hydrogen (secondary N) is 1. The summed E-state index contributed by atoms with van der Waals surface area (Å²) in [5, 5.41) is 5.78. The van der Waals surface area contributed by atoms with Gasteiger partial charge >= 0.3 is 0 Å². The van der Waals surface area contributed by atoms with Gasteiger partial charge in [-0.15, -0.1) is 0 Å². The normalized spacial score (nSPS) is 9.67. The van der Waals surface area contributed by atoms with E-state index in [9.17, 15) is 9.59 Å². The van der Waals surface area contributed by atoms with Crippen molar-refractivity contribution < 1.29 is 18.8 Å². The van der Waals surface area contributed by atoms with E-state index in [2.05, 4.69) is 10.5 Å². The van der Waals surface area contributed by atoms with Crippen molar-refractivity contribution in [2.45, 2.75) is 6.92 Å². The molecule has 0 aliphatic heterocycles. The second-order valence-electron chi connectivity index (χ2n) is 2.81. The van der Waals surface area contributed by atoms with Crippen LogP contribution in [0, 0.1) is 6.92 Å². The van der Waals surface area contributed by atoms with Gasteiger partial charge in [0.15, 0.2) is 6.61 Å².